The summed E-state index contributed by atoms with van der Waals surface area (Å²) >= 11 is 0. The Morgan fingerprint density at radius 2 is 2.09 bits per heavy atom. The van der Waals surface area contributed by atoms with Crippen molar-refractivity contribution in [3.63, 3.8) is 0 Å². The lowest BCUT2D eigenvalue weighted by Crippen LogP contribution is -2.12. The molecule has 0 saturated carbocycles. The maximum absolute atomic E-state index is 11.9. The maximum atomic E-state index is 11.9. The molecule has 0 aliphatic heterocycles. The van der Waals surface area contributed by atoms with Crippen LogP contribution in [0, 0.1) is 18.3 Å². The number of nitrogen functional groups attached to an aromatic ring is 1. The van der Waals surface area contributed by atoms with Gasteiger partial charge in [-0.1, -0.05) is 6.07 Å². The summed E-state index contributed by atoms with van der Waals surface area (Å²) in [6.45, 7) is 1.75. The summed E-state index contributed by atoms with van der Waals surface area (Å²) in [5, 5.41) is 18.2. The Morgan fingerprint density at radius 3 is 2.64 bits per heavy atom. The summed E-state index contributed by atoms with van der Waals surface area (Å²) in [5.74, 6) is -1.80. The highest BCUT2D eigenvalue weighted by molar-refractivity contribution is 5.96. The minimum Gasteiger partial charge on any atom is -0.478 e. The molecule has 2 aromatic rings. The zero-order chi connectivity index (χ0) is 16.4. The van der Waals surface area contributed by atoms with Crippen LogP contribution in [0.5, 0.6) is 0 Å². The zero-order valence-electron chi connectivity index (χ0n) is 12.0. The molecule has 0 aliphatic carbocycles. The van der Waals surface area contributed by atoms with E-state index in [1.54, 1.807) is 13.0 Å². The third-order valence-corrected chi connectivity index (χ3v) is 3.26. The van der Waals surface area contributed by atoms with Gasteiger partial charge in [-0.05, 0) is 24.6 Å². The molecule has 0 aliphatic rings. The minimum absolute atomic E-state index is 0.00511. The number of ether oxygens (including phenoxy) is 1. The molecule has 2 rings (SSSR count). The molecule has 3 N–H and O–H groups in total. The fourth-order valence-electron chi connectivity index (χ4n) is 2.11. The first kappa shape index (κ1) is 15.1. The van der Waals surface area contributed by atoms with E-state index in [9.17, 15) is 9.59 Å². The molecular formula is C15H13N3O4. The lowest BCUT2D eigenvalue weighted by atomic mass is 10.1. The van der Waals surface area contributed by atoms with Crippen LogP contribution in [0.4, 0.5) is 5.69 Å². The first-order chi connectivity index (χ1) is 10.4. The molecular weight excluding hydrogens is 286 g/mol. The summed E-state index contributed by atoms with van der Waals surface area (Å²) < 4.78 is 6.07. The Kier molecular flexibility index (Phi) is 3.86. The molecule has 1 aromatic carbocycles. The molecule has 0 spiro atoms. The third-order valence-electron chi connectivity index (χ3n) is 3.26. The Labute approximate surface area is 126 Å². The standard InChI is InChI=1S/C15H13N3O4/c1-8-3-4-9(14(19)20)5-11(8)18-7-10(6-16)12(17)13(18)15(21)22-2/h3-5,7H,17H2,1-2H3,(H,19,20). The number of esters is 1. The molecule has 1 aromatic heterocycles. The van der Waals surface area contributed by atoms with Crippen LogP contribution in [0.2, 0.25) is 0 Å². The molecule has 7 heteroatoms. The van der Waals surface area contributed by atoms with Crippen molar-refractivity contribution in [3.05, 3.63) is 46.8 Å². The van der Waals surface area contributed by atoms with Crippen molar-refractivity contribution < 1.29 is 19.4 Å². The highest BCUT2D eigenvalue weighted by Crippen LogP contribution is 2.27. The summed E-state index contributed by atoms with van der Waals surface area (Å²) in [4.78, 5) is 23.1. The van der Waals surface area contributed by atoms with E-state index in [0.29, 0.717) is 5.69 Å². The minimum atomic E-state index is -1.10. The number of hydrogen-bond donors (Lipinski definition) is 2. The molecule has 0 fully saturated rings. The van der Waals surface area contributed by atoms with E-state index < -0.39 is 11.9 Å². The van der Waals surface area contributed by atoms with Gasteiger partial charge < -0.3 is 20.1 Å². The first-order valence-electron chi connectivity index (χ1n) is 6.24. The molecule has 1 heterocycles. The number of nitrogens with zero attached hydrogens (tertiary/aromatic N) is 2. The van der Waals surface area contributed by atoms with Gasteiger partial charge in [-0.25, -0.2) is 9.59 Å². The summed E-state index contributed by atoms with van der Waals surface area (Å²) in [7, 11) is 1.20. The molecule has 0 radical (unpaired) electrons. The van der Waals surface area contributed by atoms with Crippen LogP contribution in [-0.4, -0.2) is 28.7 Å². The number of nitrogens with two attached hydrogens (primary N) is 1. The average molecular weight is 299 g/mol. The van der Waals surface area contributed by atoms with Gasteiger partial charge in [-0.15, -0.1) is 0 Å². The van der Waals surface area contributed by atoms with Crippen LogP contribution >= 0.6 is 0 Å². The summed E-state index contributed by atoms with van der Waals surface area (Å²) in [6.07, 6.45) is 1.38. The van der Waals surface area contributed by atoms with E-state index in [0.717, 1.165) is 5.56 Å². The Morgan fingerprint density at radius 1 is 1.41 bits per heavy atom. The monoisotopic (exact) mass is 299 g/mol. The third kappa shape index (κ3) is 2.38. The number of aryl methyl sites for hydroxylation is 1. The van der Waals surface area contributed by atoms with Crippen LogP contribution in [-0.2, 0) is 4.74 Å². The largest absolute Gasteiger partial charge is 0.478 e. The number of aromatic nitrogens is 1. The van der Waals surface area contributed by atoms with E-state index in [1.165, 1.54) is 30.0 Å². The Hall–Kier alpha value is -3.27. The molecule has 112 valence electrons. The average Bonchev–Trinajstić information content (AvgIpc) is 2.83. The number of benzene rings is 1. The normalized spacial score (nSPS) is 10.0. The van der Waals surface area contributed by atoms with Crippen LogP contribution < -0.4 is 5.73 Å². The van der Waals surface area contributed by atoms with Gasteiger partial charge in [0, 0.05) is 11.9 Å². The molecule has 0 saturated heterocycles. The fraction of sp³-hybridized carbons (Fsp3) is 0.133. The van der Waals surface area contributed by atoms with Crippen molar-refractivity contribution in [1.29, 1.82) is 5.26 Å². The van der Waals surface area contributed by atoms with Gasteiger partial charge in [0.25, 0.3) is 0 Å². The molecule has 7 nitrogen and oxygen atoms in total. The highest BCUT2D eigenvalue weighted by Gasteiger charge is 2.22. The fourth-order valence-corrected chi connectivity index (χ4v) is 2.11. The van der Waals surface area contributed by atoms with E-state index in [4.69, 9.17) is 16.1 Å². The predicted octanol–water partition coefficient (Wildman–Crippen LogP) is 1.72. The molecule has 0 unspecified atom stereocenters. The second kappa shape index (κ2) is 5.61. The SMILES string of the molecule is COC(=O)c1c(N)c(C#N)cn1-c1cc(C(=O)O)ccc1C. The van der Waals surface area contributed by atoms with Crippen molar-refractivity contribution in [2.75, 3.05) is 12.8 Å². The van der Waals surface area contributed by atoms with Gasteiger partial charge in [0.1, 0.15) is 6.07 Å². The second-order valence-electron chi connectivity index (χ2n) is 4.58. The van der Waals surface area contributed by atoms with Gasteiger partial charge in [-0.2, -0.15) is 5.26 Å². The van der Waals surface area contributed by atoms with Gasteiger partial charge in [0.05, 0.1) is 23.9 Å². The number of rotatable bonds is 3. The van der Waals surface area contributed by atoms with Crippen molar-refractivity contribution >= 4 is 17.6 Å². The number of carbonyl (C=O) groups excluding carboxylic acids is 1. The lowest BCUT2D eigenvalue weighted by molar-refractivity contribution is 0.0592. The Bertz CT molecular complexity index is 815. The second-order valence-corrected chi connectivity index (χ2v) is 4.58. The van der Waals surface area contributed by atoms with Crippen molar-refractivity contribution in [2.24, 2.45) is 0 Å². The van der Waals surface area contributed by atoms with Crippen molar-refractivity contribution in [1.82, 2.24) is 4.57 Å². The summed E-state index contributed by atoms with van der Waals surface area (Å²) in [5.41, 5.74) is 7.13. The molecule has 22 heavy (non-hydrogen) atoms. The lowest BCUT2D eigenvalue weighted by Gasteiger charge is -2.12. The number of anilines is 1. The first-order valence-corrected chi connectivity index (χ1v) is 6.24. The van der Waals surface area contributed by atoms with Crippen LogP contribution in [0.1, 0.15) is 32.0 Å². The van der Waals surface area contributed by atoms with E-state index in [2.05, 4.69) is 4.74 Å². The van der Waals surface area contributed by atoms with E-state index in [1.807, 2.05) is 6.07 Å². The quantitative estimate of drug-likeness (QED) is 0.833. The van der Waals surface area contributed by atoms with Crippen LogP contribution in [0.25, 0.3) is 5.69 Å². The molecule has 0 bridgehead atoms. The van der Waals surface area contributed by atoms with E-state index in [-0.39, 0.29) is 22.5 Å². The number of methoxy groups -OCH3 is 1. The predicted molar refractivity (Wildman–Crippen MR) is 77.9 cm³/mol. The molecule has 0 amide bonds. The van der Waals surface area contributed by atoms with Crippen molar-refractivity contribution in [2.45, 2.75) is 6.92 Å². The summed E-state index contributed by atoms with van der Waals surface area (Å²) in [6, 6.07) is 6.37. The van der Waals surface area contributed by atoms with Crippen LogP contribution in [0.3, 0.4) is 0 Å². The van der Waals surface area contributed by atoms with Crippen molar-refractivity contribution in [3.8, 4) is 11.8 Å². The van der Waals surface area contributed by atoms with Gasteiger partial charge >= 0.3 is 11.9 Å². The maximum Gasteiger partial charge on any atom is 0.357 e. The van der Waals surface area contributed by atoms with Crippen LogP contribution in [0.15, 0.2) is 24.4 Å². The van der Waals surface area contributed by atoms with Gasteiger partial charge in [-0.3, -0.25) is 0 Å². The molecule has 0 atom stereocenters. The smallest absolute Gasteiger partial charge is 0.357 e. The Balaban J connectivity index is 2.78. The number of carboxylic acid groups (broad SMARTS) is 1. The zero-order valence-corrected chi connectivity index (χ0v) is 12.0. The van der Waals surface area contributed by atoms with E-state index >= 15 is 0 Å². The number of aromatic carboxylic acids is 1. The highest BCUT2D eigenvalue weighted by atomic mass is 16.5. The topological polar surface area (TPSA) is 118 Å². The van der Waals surface area contributed by atoms with Gasteiger partial charge in [0.15, 0.2) is 5.69 Å². The number of carboxylic acids is 1. The number of hydrogen-bond acceptors (Lipinski definition) is 5. The number of nitriles is 1. The number of carbonyl (C=O) groups is 2. The van der Waals surface area contributed by atoms with Gasteiger partial charge in [0.2, 0.25) is 0 Å².